The third-order valence-corrected chi connectivity index (χ3v) is 6.16. The van der Waals surface area contributed by atoms with Crippen molar-refractivity contribution in [1.29, 1.82) is 0 Å². The summed E-state index contributed by atoms with van der Waals surface area (Å²) < 4.78 is 6.02. The molecule has 0 saturated heterocycles. The molecule has 2 atom stereocenters. The predicted molar refractivity (Wildman–Crippen MR) is 137 cm³/mol. The van der Waals surface area contributed by atoms with Crippen molar-refractivity contribution in [3.8, 4) is 16.9 Å². The molecule has 0 aliphatic heterocycles. The van der Waals surface area contributed by atoms with Crippen LogP contribution in [-0.2, 0) is 0 Å². The van der Waals surface area contributed by atoms with Gasteiger partial charge in [-0.15, -0.1) is 0 Å². The van der Waals surface area contributed by atoms with Crippen LogP contribution in [0.3, 0.4) is 0 Å². The molecule has 5 nitrogen and oxygen atoms in total. The molecule has 0 aliphatic rings. The molecule has 0 saturated carbocycles. The summed E-state index contributed by atoms with van der Waals surface area (Å²) in [6.07, 6.45) is 7.56. The summed E-state index contributed by atoms with van der Waals surface area (Å²) in [5.74, 6) is 0.418. The number of nitrogens with zero attached hydrogens (tertiary/aromatic N) is 2. The van der Waals surface area contributed by atoms with Crippen molar-refractivity contribution in [2.75, 3.05) is 6.61 Å². The molecule has 2 unspecified atom stereocenters. The molecular formula is C29H36N2O3. The van der Waals surface area contributed by atoms with Crippen LogP contribution in [0.25, 0.3) is 11.1 Å². The quantitative estimate of drug-likeness (QED) is 0.243. The highest BCUT2D eigenvalue weighted by molar-refractivity contribution is 5.95. The number of benzene rings is 2. The van der Waals surface area contributed by atoms with Crippen molar-refractivity contribution in [2.45, 2.75) is 65.1 Å². The van der Waals surface area contributed by atoms with E-state index < -0.39 is 6.23 Å². The van der Waals surface area contributed by atoms with E-state index in [9.17, 15) is 9.90 Å². The number of aliphatic hydroxyl groups is 1. The van der Waals surface area contributed by atoms with Crippen molar-refractivity contribution in [2.24, 2.45) is 0 Å². The number of hydrogen-bond acceptors (Lipinski definition) is 4. The average Bonchev–Trinajstić information content (AvgIpc) is 2.89. The summed E-state index contributed by atoms with van der Waals surface area (Å²) in [7, 11) is 0. The van der Waals surface area contributed by atoms with Crippen LogP contribution in [-0.4, -0.2) is 33.5 Å². The zero-order valence-electron chi connectivity index (χ0n) is 20.5. The van der Waals surface area contributed by atoms with Crippen molar-refractivity contribution >= 4 is 5.91 Å². The van der Waals surface area contributed by atoms with Crippen LogP contribution in [0.5, 0.6) is 5.75 Å². The molecule has 0 aliphatic carbocycles. The summed E-state index contributed by atoms with van der Waals surface area (Å²) in [6.45, 7) is 6.75. The second-order valence-corrected chi connectivity index (χ2v) is 8.60. The van der Waals surface area contributed by atoms with Crippen molar-refractivity contribution in [3.63, 3.8) is 0 Å². The molecule has 180 valence electrons. The number of aromatic nitrogens is 1. The standard InChI is InChI=1S/C29H36N2O3/c1-4-6-7-10-21-34-27-12-9-8-11-26(27)29(33)31(22(3)5-2)28(32)25-15-13-23(14-16-25)24-17-19-30-20-18-24/h8-9,11-20,22,29,33H,4-7,10,21H2,1-3H3. The van der Waals surface area contributed by atoms with Crippen molar-refractivity contribution < 1.29 is 14.6 Å². The summed E-state index contributed by atoms with van der Waals surface area (Å²) >= 11 is 0. The molecule has 0 spiro atoms. The third-order valence-electron chi connectivity index (χ3n) is 6.16. The van der Waals surface area contributed by atoms with Gasteiger partial charge in [0, 0.05) is 29.6 Å². The van der Waals surface area contributed by atoms with Gasteiger partial charge >= 0.3 is 0 Å². The van der Waals surface area contributed by atoms with Crippen LogP contribution in [0.4, 0.5) is 0 Å². The SMILES string of the molecule is CCCCCCOc1ccccc1C(O)N(C(=O)c1ccc(-c2ccncc2)cc1)C(C)CC. The Kier molecular flexibility index (Phi) is 9.65. The van der Waals surface area contributed by atoms with Gasteiger partial charge in [0.2, 0.25) is 0 Å². The van der Waals surface area contributed by atoms with E-state index in [4.69, 9.17) is 4.74 Å². The van der Waals surface area contributed by atoms with Crippen molar-refractivity contribution in [1.82, 2.24) is 9.88 Å². The lowest BCUT2D eigenvalue weighted by Crippen LogP contribution is -2.41. The van der Waals surface area contributed by atoms with E-state index in [1.807, 2.05) is 74.5 Å². The largest absolute Gasteiger partial charge is 0.493 e. The number of carbonyl (C=O) groups excluding carboxylic acids is 1. The Hall–Kier alpha value is -3.18. The smallest absolute Gasteiger partial charge is 0.256 e. The van der Waals surface area contributed by atoms with Gasteiger partial charge in [-0.2, -0.15) is 0 Å². The first-order valence-electron chi connectivity index (χ1n) is 12.3. The van der Waals surface area contributed by atoms with Crippen LogP contribution in [0, 0.1) is 0 Å². The molecule has 0 radical (unpaired) electrons. The summed E-state index contributed by atoms with van der Waals surface area (Å²) in [4.78, 5) is 19.2. The van der Waals surface area contributed by atoms with Gasteiger partial charge in [-0.3, -0.25) is 9.78 Å². The van der Waals surface area contributed by atoms with Crippen LogP contribution in [0.2, 0.25) is 0 Å². The number of carbonyl (C=O) groups is 1. The molecule has 3 rings (SSSR count). The minimum Gasteiger partial charge on any atom is -0.493 e. The number of unbranched alkanes of at least 4 members (excludes halogenated alkanes) is 3. The first-order chi connectivity index (χ1) is 16.6. The number of ether oxygens (including phenoxy) is 1. The molecule has 3 aromatic rings. The van der Waals surface area contributed by atoms with Gasteiger partial charge in [0.05, 0.1) is 6.61 Å². The number of pyridine rings is 1. The fourth-order valence-electron chi connectivity index (χ4n) is 3.93. The molecular weight excluding hydrogens is 424 g/mol. The van der Waals surface area contributed by atoms with Gasteiger partial charge in [-0.25, -0.2) is 0 Å². The molecule has 1 N–H and O–H groups in total. The summed E-state index contributed by atoms with van der Waals surface area (Å²) in [5.41, 5.74) is 3.20. The molecule has 34 heavy (non-hydrogen) atoms. The number of para-hydroxylation sites is 1. The van der Waals surface area contributed by atoms with E-state index in [0.29, 0.717) is 23.5 Å². The lowest BCUT2D eigenvalue weighted by Gasteiger charge is -2.34. The lowest BCUT2D eigenvalue weighted by molar-refractivity contribution is -0.0129. The Morgan fingerprint density at radius 1 is 0.941 bits per heavy atom. The molecule has 0 fully saturated rings. The minimum absolute atomic E-state index is 0.153. The van der Waals surface area contributed by atoms with E-state index in [0.717, 1.165) is 30.4 Å². The Labute approximate surface area is 203 Å². The highest BCUT2D eigenvalue weighted by Crippen LogP contribution is 2.31. The monoisotopic (exact) mass is 460 g/mol. The van der Waals surface area contributed by atoms with Gasteiger partial charge in [0.25, 0.3) is 5.91 Å². The van der Waals surface area contributed by atoms with E-state index in [1.165, 1.54) is 12.8 Å². The fraction of sp³-hybridized carbons (Fsp3) is 0.379. The van der Waals surface area contributed by atoms with Gasteiger partial charge in [0.15, 0.2) is 6.23 Å². The highest BCUT2D eigenvalue weighted by Gasteiger charge is 2.30. The van der Waals surface area contributed by atoms with Crippen LogP contribution >= 0.6 is 0 Å². The highest BCUT2D eigenvalue weighted by atomic mass is 16.5. The predicted octanol–water partition coefficient (Wildman–Crippen LogP) is 6.64. The second kappa shape index (κ2) is 12.9. The molecule has 1 amide bonds. The maximum atomic E-state index is 13.6. The van der Waals surface area contributed by atoms with Gasteiger partial charge in [0.1, 0.15) is 5.75 Å². The number of hydrogen-bond donors (Lipinski definition) is 1. The first kappa shape index (κ1) is 25.4. The van der Waals surface area contributed by atoms with E-state index in [1.54, 1.807) is 17.3 Å². The molecule has 2 aromatic carbocycles. The van der Waals surface area contributed by atoms with Crippen LogP contribution in [0.15, 0.2) is 73.1 Å². The summed E-state index contributed by atoms with van der Waals surface area (Å²) in [5, 5.41) is 11.4. The fourth-order valence-corrected chi connectivity index (χ4v) is 3.93. The van der Waals surface area contributed by atoms with E-state index in [-0.39, 0.29) is 11.9 Å². The molecule has 1 heterocycles. The molecule has 0 bridgehead atoms. The zero-order chi connectivity index (χ0) is 24.3. The van der Waals surface area contributed by atoms with Gasteiger partial charge in [-0.1, -0.05) is 63.4 Å². The van der Waals surface area contributed by atoms with Gasteiger partial charge in [-0.05, 0) is 61.2 Å². The van der Waals surface area contributed by atoms with Crippen molar-refractivity contribution in [3.05, 3.63) is 84.2 Å². The maximum absolute atomic E-state index is 13.6. The van der Waals surface area contributed by atoms with Gasteiger partial charge < -0.3 is 14.7 Å². The average molecular weight is 461 g/mol. The number of amides is 1. The van der Waals surface area contributed by atoms with E-state index >= 15 is 0 Å². The Morgan fingerprint density at radius 2 is 1.62 bits per heavy atom. The third kappa shape index (κ3) is 6.45. The first-order valence-corrected chi connectivity index (χ1v) is 12.3. The lowest BCUT2D eigenvalue weighted by atomic mass is 10.0. The maximum Gasteiger partial charge on any atom is 0.256 e. The minimum atomic E-state index is -1.10. The number of aliphatic hydroxyl groups excluding tert-OH is 1. The Balaban J connectivity index is 1.81. The topological polar surface area (TPSA) is 62.7 Å². The van der Waals surface area contributed by atoms with Crippen LogP contribution in [0.1, 0.15) is 75.0 Å². The molecule has 1 aromatic heterocycles. The second-order valence-electron chi connectivity index (χ2n) is 8.60. The van der Waals surface area contributed by atoms with E-state index in [2.05, 4.69) is 11.9 Å². The normalized spacial score (nSPS) is 12.7. The Bertz CT molecular complexity index is 1020. The Morgan fingerprint density at radius 3 is 2.29 bits per heavy atom. The zero-order valence-corrected chi connectivity index (χ0v) is 20.5. The number of rotatable bonds is 12. The summed E-state index contributed by atoms with van der Waals surface area (Å²) in [6, 6.07) is 18.7. The van der Waals surface area contributed by atoms with Crippen LogP contribution < -0.4 is 4.74 Å². The molecule has 5 heteroatoms.